The lowest BCUT2D eigenvalue weighted by atomic mass is 10.5. The van der Waals surface area contributed by atoms with Gasteiger partial charge in [-0.3, -0.25) is 5.32 Å². The Bertz CT molecular complexity index is 968. The number of anilines is 1. The number of thiazole rings is 1. The number of esters is 1. The third-order valence-electron chi connectivity index (χ3n) is 3.03. The molecule has 2 N–H and O–H groups in total. The van der Waals surface area contributed by atoms with Crippen molar-refractivity contribution in [2.45, 2.75) is 32.2 Å². The van der Waals surface area contributed by atoms with Crippen LogP contribution in [0.2, 0.25) is 0 Å². The lowest BCUT2D eigenvalue weighted by Crippen LogP contribution is -2.36. The van der Waals surface area contributed by atoms with Crippen molar-refractivity contribution in [2.75, 3.05) is 19.0 Å². The number of amides is 2. The van der Waals surface area contributed by atoms with Crippen molar-refractivity contribution in [2.24, 2.45) is 0 Å². The molecule has 0 aliphatic rings. The van der Waals surface area contributed by atoms with E-state index in [-0.39, 0.29) is 23.4 Å². The maximum atomic E-state index is 12.5. The number of ether oxygens (including phenoxy) is 2. The Morgan fingerprint density at radius 2 is 1.86 bits per heavy atom. The van der Waals surface area contributed by atoms with E-state index in [0.29, 0.717) is 17.3 Å². The second-order valence-corrected chi connectivity index (χ2v) is 7.86. The van der Waals surface area contributed by atoms with Gasteiger partial charge < -0.3 is 9.47 Å². The van der Waals surface area contributed by atoms with Crippen LogP contribution in [0.1, 0.15) is 34.4 Å². The summed E-state index contributed by atoms with van der Waals surface area (Å²) >= 11 is 0.844. The molecule has 152 valence electrons. The van der Waals surface area contributed by atoms with Gasteiger partial charge in [-0.15, -0.1) is 11.3 Å². The highest BCUT2D eigenvalue weighted by Crippen LogP contribution is 2.23. The quantitative estimate of drug-likeness (QED) is 0.603. The number of sulfonamides is 1. The number of aromatic nitrogens is 4. The number of hydrogen-bond donors (Lipinski definition) is 2. The molecule has 2 rings (SSSR count). The third kappa shape index (κ3) is 5.10. The zero-order valence-corrected chi connectivity index (χ0v) is 17.1. The molecule has 0 atom stereocenters. The number of aryl methyl sites for hydroxylation is 2. The maximum Gasteiger partial charge on any atom is 0.351 e. The zero-order valence-electron chi connectivity index (χ0n) is 15.5. The minimum Gasteiger partial charge on any atom is -0.467 e. The number of carbonyl (C=O) groups excluding carboxylic acids is 2. The Morgan fingerprint density at radius 3 is 2.46 bits per heavy atom. The smallest absolute Gasteiger partial charge is 0.351 e. The highest BCUT2D eigenvalue weighted by molar-refractivity contribution is 7.90. The van der Waals surface area contributed by atoms with E-state index < -0.39 is 27.0 Å². The summed E-state index contributed by atoms with van der Waals surface area (Å²) in [5.41, 5.74) is 0. The van der Waals surface area contributed by atoms with Crippen LogP contribution < -0.4 is 14.8 Å². The molecule has 0 spiro atoms. The van der Waals surface area contributed by atoms with Gasteiger partial charge in [0, 0.05) is 6.42 Å². The van der Waals surface area contributed by atoms with Gasteiger partial charge >= 0.3 is 18.0 Å². The van der Waals surface area contributed by atoms with Crippen LogP contribution >= 0.6 is 11.3 Å². The summed E-state index contributed by atoms with van der Waals surface area (Å²) in [5, 5.41) is 1.91. The molecule has 2 heterocycles. The second-order valence-electron chi connectivity index (χ2n) is 5.06. The average Bonchev–Trinajstić information content (AvgIpc) is 3.04. The van der Waals surface area contributed by atoms with Gasteiger partial charge in [-0.05, 0) is 13.8 Å². The standard InChI is InChI=1S/C14H18N6O6S2/c1-5-8-16-12(19-14(17-8)25-4)18-13(22)20-28(23,24)10-9(11(21)26-6-2)27-7(3)15-10/h5-6H2,1-4H3,(H2,16,17,18,19,20,22). The van der Waals surface area contributed by atoms with Crippen molar-refractivity contribution in [1.82, 2.24) is 24.7 Å². The Hall–Kier alpha value is -2.87. The molecule has 0 saturated heterocycles. The van der Waals surface area contributed by atoms with E-state index >= 15 is 0 Å². The molecule has 0 bridgehead atoms. The first-order valence-electron chi connectivity index (χ1n) is 7.97. The van der Waals surface area contributed by atoms with E-state index in [1.54, 1.807) is 18.6 Å². The highest BCUT2D eigenvalue weighted by Gasteiger charge is 2.30. The van der Waals surface area contributed by atoms with E-state index in [1.165, 1.54) is 14.0 Å². The minimum atomic E-state index is -4.45. The van der Waals surface area contributed by atoms with Crippen molar-refractivity contribution in [1.29, 1.82) is 0 Å². The number of rotatable bonds is 7. The molecule has 14 heteroatoms. The van der Waals surface area contributed by atoms with E-state index in [0.717, 1.165) is 11.3 Å². The largest absolute Gasteiger partial charge is 0.467 e. The first-order chi connectivity index (χ1) is 13.2. The number of nitrogens with one attached hydrogen (secondary N) is 2. The molecule has 0 radical (unpaired) electrons. The van der Waals surface area contributed by atoms with Gasteiger partial charge in [-0.2, -0.15) is 23.4 Å². The predicted molar refractivity (Wildman–Crippen MR) is 97.9 cm³/mol. The van der Waals surface area contributed by atoms with Crippen LogP contribution in [0, 0.1) is 6.92 Å². The molecule has 0 fully saturated rings. The van der Waals surface area contributed by atoms with Crippen molar-refractivity contribution in [3.8, 4) is 6.01 Å². The van der Waals surface area contributed by atoms with Gasteiger partial charge in [0.1, 0.15) is 5.82 Å². The molecule has 2 aromatic rings. The van der Waals surface area contributed by atoms with Crippen LogP contribution in [0.25, 0.3) is 0 Å². The van der Waals surface area contributed by atoms with Crippen LogP contribution in [-0.4, -0.2) is 54.1 Å². The minimum absolute atomic E-state index is 0.0373. The van der Waals surface area contributed by atoms with Gasteiger partial charge in [0.05, 0.1) is 18.7 Å². The molecule has 0 aromatic carbocycles. The van der Waals surface area contributed by atoms with Gasteiger partial charge in [0.25, 0.3) is 10.0 Å². The summed E-state index contributed by atoms with van der Waals surface area (Å²) in [6.07, 6.45) is 0.439. The SMILES string of the molecule is CCOC(=O)c1sc(C)nc1S(=O)(=O)NC(=O)Nc1nc(CC)nc(OC)n1. The molecule has 0 aliphatic carbocycles. The topological polar surface area (TPSA) is 162 Å². The number of carbonyl (C=O) groups is 2. The molecule has 0 unspecified atom stereocenters. The predicted octanol–water partition coefficient (Wildman–Crippen LogP) is 0.895. The fourth-order valence-corrected chi connectivity index (χ4v) is 4.11. The van der Waals surface area contributed by atoms with E-state index in [2.05, 4.69) is 25.3 Å². The van der Waals surface area contributed by atoms with E-state index in [9.17, 15) is 18.0 Å². The molecule has 2 aromatic heterocycles. The fourth-order valence-electron chi connectivity index (χ4n) is 1.92. The zero-order chi connectivity index (χ0) is 20.9. The van der Waals surface area contributed by atoms with Crippen LogP contribution in [0.4, 0.5) is 10.7 Å². The molecular weight excluding hydrogens is 412 g/mol. The fraction of sp³-hybridized carbons (Fsp3) is 0.429. The van der Waals surface area contributed by atoms with Crippen molar-refractivity contribution in [3.63, 3.8) is 0 Å². The molecular formula is C14H18N6O6S2. The molecule has 0 saturated carbocycles. The van der Waals surface area contributed by atoms with E-state index in [4.69, 9.17) is 9.47 Å². The first kappa shape index (κ1) is 21.4. The molecule has 0 aliphatic heterocycles. The highest BCUT2D eigenvalue weighted by atomic mass is 32.2. The average molecular weight is 430 g/mol. The molecule has 12 nitrogen and oxygen atoms in total. The lowest BCUT2D eigenvalue weighted by Gasteiger charge is -2.08. The van der Waals surface area contributed by atoms with E-state index in [1.807, 2.05) is 0 Å². The summed E-state index contributed by atoms with van der Waals surface area (Å²) in [4.78, 5) is 39.4. The first-order valence-corrected chi connectivity index (χ1v) is 10.3. The van der Waals surface area contributed by atoms with Crippen LogP contribution in [0.15, 0.2) is 5.03 Å². The van der Waals surface area contributed by atoms with Crippen molar-refractivity contribution < 1.29 is 27.5 Å². The molecule has 2 amide bonds. The second kappa shape index (κ2) is 8.88. The summed E-state index contributed by atoms with van der Waals surface area (Å²) in [7, 11) is -3.11. The van der Waals surface area contributed by atoms with Crippen LogP contribution in [-0.2, 0) is 21.2 Å². The summed E-state index contributed by atoms with van der Waals surface area (Å²) in [5.74, 6) is -0.704. The van der Waals surface area contributed by atoms with Crippen LogP contribution in [0.3, 0.4) is 0 Å². The summed E-state index contributed by atoms with van der Waals surface area (Å²) < 4.78 is 36.5. The van der Waals surface area contributed by atoms with Crippen molar-refractivity contribution >= 4 is 39.3 Å². The Morgan fingerprint density at radius 1 is 1.14 bits per heavy atom. The number of nitrogens with zero attached hydrogens (tertiary/aromatic N) is 4. The third-order valence-corrected chi connectivity index (χ3v) is 5.37. The lowest BCUT2D eigenvalue weighted by molar-refractivity contribution is 0.0527. The number of hydrogen-bond acceptors (Lipinski definition) is 11. The number of methoxy groups -OCH3 is 1. The normalized spacial score (nSPS) is 11.0. The van der Waals surface area contributed by atoms with Gasteiger partial charge in [0.15, 0.2) is 4.88 Å². The van der Waals surface area contributed by atoms with Gasteiger partial charge in [-0.1, -0.05) is 6.92 Å². The van der Waals surface area contributed by atoms with Crippen molar-refractivity contribution in [3.05, 3.63) is 15.7 Å². The van der Waals surface area contributed by atoms with Crippen LogP contribution in [0.5, 0.6) is 6.01 Å². The number of urea groups is 1. The maximum absolute atomic E-state index is 12.5. The summed E-state index contributed by atoms with van der Waals surface area (Å²) in [6, 6.07) is -1.18. The van der Waals surface area contributed by atoms with Gasteiger partial charge in [-0.25, -0.2) is 19.3 Å². The monoisotopic (exact) mass is 430 g/mol. The molecule has 28 heavy (non-hydrogen) atoms. The Balaban J connectivity index is 2.23. The summed E-state index contributed by atoms with van der Waals surface area (Å²) in [6.45, 7) is 4.95. The Kier molecular flexibility index (Phi) is 6.80. The Labute approximate surface area is 164 Å². The van der Waals surface area contributed by atoms with Gasteiger partial charge in [0.2, 0.25) is 11.0 Å².